The van der Waals surface area contributed by atoms with E-state index in [-0.39, 0.29) is 29.0 Å². The Labute approximate surface area is 160 Å². The number of hydrogen-bond acceptors (Lipinski definition) is 5. The van der Waals surface area contributed by atoms with Crippen LogP contribution >= 0.6 is 0 Å². The molecule has 0 aliphatic heterocycles. The number of carbonyl (C=O) groups is 2. The molecule has 6 heteroatoms. The van der Waals surface area contributed by atoms with Gasteiger partial charge in [0.2, 0.25) is 6.04 Å². The van der Waals surface area contributed by atoms with Gasteiger partial charge in [-0.25, -0.2) is 0 Å². The number of ether oxygens (including phenoxy) is 1. The highest BCUT2D eigenvalue weighted by atomic mass is 16.6. The number of hydrogen-bond donors (Lipinski definition) is 0. The molecule has 0 aromatic heterocycles. The third kappa shape index (κ3) is 5.62. The first kappa shape index (κ1) is 21.1. The molecule has 0 heterocycles. The molecule has 2 rings (SSSR count). The second kappa shape index (κ2) is 10.2. The zero-order chi connectivity index (χ0) is 19.8. The van der Waals surface area contributed by atoms with Crippen molar-refractivity contribution < 1.29 is 19.2 Å². The molecule has 1 aromatic carbocycles. The molecule has 0 spiro atoms. The Bertz CT molecular complexity index is 645. The Morgan fingerprint density at radius 3 is 2.48 bits per heavy atom. The number of Topliss-reactive ketones (excluding diaryl/α,β-unsaturated/α-hetero) is 1. The molecule has 0 unspecified atom stereocenters. The van der Waals surface area contributed by atoms with E-state index in [4.69, 9.17) is 4.74 Å². The van der Waals surface area contributed by atoms with E-state index >= 15 is 0 Å². The summed E-state index contributed by atoms with van der Waals surface area (Å²) in [6.45, 7) is 1.90. The molecule has 27 heavy (non-hydrogen) atoms. The molecule has 0 amide bonds. The number of carbonyl (C=O) groups excluding carboxylic acids is 2. The van der Waals surface area contributed by atoms with Crippen LogP contribution in [0.2, 0.25) is 0 Å². The van der Waals surface area contributed by atoms with Crippen molar-refractivity contribution in [2.75, 3.05) is 7.11 Å². The Hall–Kier alpha value is -2.24. The van der Waals surface area contributed by atoms with Crippen LogP contribution in [0.15, 0.2) is 30.3 Å². The normalized spacial score (nSPS) is 21.9. The summed E-state index contributed by atoms with van der Waals surface area (Å²) < 4.78 is 4.90. The third-order valence-electron chi connectivity index (χ3n) is 5.73. The molecular formula is C21H29NO5. The quantitative estimate of drug-likeness (QED) is 0.372. The van der Waals surface area contributed by atoms with E-state index in [2.05, 4.69) is 0 Å². The van der Waals surface area contributed by atoms with Crippen molar-refractivity contribution >= 4 is 11.8 Å². The van der Waals surface area contributed by atoms with Gasteiger partial charge in [0, 0.05) is 29.6 Å². The molecule has 148 valence electrons. The molecule has 1 aliphatic carbocycles. The van der Waals surface area contributed by atoms with Gasteiger partial charge in [0.25, 0.3) is 0 Å². The van der Waals surface area contributed by atoms with Crippen LogP contribution in [0.3, 0.4) is 0 Å². The van der Waals surface area contributed by atoms with E-state index in [9.17, 15) is 19.7 Å². The SMILES string of the molecule is CC[C@H](C(=O)C[C@@H](Cc1ccccc1)C(=O)OC)[C@@H]1CCCC[C@@H]1[N+](=O)[O-]. The van der Waals surface area contributed by atoms with Gasteiger partial charge >= 0.3 is 5.97 Å². The van der Waals surface area contributed by atoms with E-state index in [0.717, 1.165) is 18.4 Å². The fraction of sp³-hybridized carbons (Fsp3) is 0.619. The Morgan fingerprint density at radius 1 is 1.22 bits per heavy atom. The number of rotatable bonds is 9. The molecule has 6 nitrogen and oxygen atoms in total. The maximum atomic E-state index is 13.0. The maximum Gasteiger partial charge on any atom is 0.309 e. The van der Waals surface area contributed by atoms with Crippen molar-refractivity contribution in [1.29, 1.82) is 0 Å². The zero-order valence-corrected chi connectivity index (χ0v) is 16.1. The molecule has 0 saturated heterocycles. The summed E-state index contributed by atoms with van der Waals surface area (Å²) in [5.41, 5.74) is 0.967. The number of nitrogens with zero attached hydrogens (tertiary/aromatic N) is 1. The summed E-state index contributed by atoms with van der Waals surface area (Å²) in [6, 6.07) is 8.87. The van der Waals surface area contributed by atoms with Gasteiger partial charge in [-0.3, -0.25) is 19.7 Å². The fourth-order valence-corrected chi connectivity index (χ4v) is 4.34. The van der Waals surface area contributed by atoms with Crippen LogP contribution in [0.4, 0.5) is 0 Å². The van der Waals surface area contributed by atoms with E-state index in [1.807, 2.05) is 37.3 Å². The lowest BCUT2D eigenvalue weighted by atomic mass is 9.72. The highest BCUT2D eigenvalue weighted by molar-refractivity contribution is 5.86. The van der Waals surface area contributed by atoms with Gasteiger partial charge in [0.05, 0.1) is 13.0 Å². The van der Waals surface area contributed by atoms with Crippen molar-refractivity contribution in [1.82, 2.24) is 0 Å². The average Bonchev–Trinajstić information content (AvgIpc) is 2.68. The van der Waals surface area contributed by atoms with E-state index in [1.54, 1.807) is 0 Å². The summed E-state index contributed by atoms with van der Waals surface area (Å²) in [5, 5.41) is 11.4. The highest BCUT2D eigenvalue weighted by Gasteiger charge is 2.42. The number of benzene rings is 1. The first-order chi connectivity index (χ1) is 13.0. The monoisotopic (exact) mass is 375 g/mol. The van der Waals surface area contributed by atoms with Gasteiger partial charge < -0.3 is 4.74 Å². The molecular weight excluding hydrogens is 346 g/mol. The van der Waals surface area contributed by atoms with Crippen molar-refractivity contribution in [2.45, 2.75) is 57.9 Å². The maximum absolute atomic E-state index is 13.0. The second-order valence-corrected chi connectivity index (χ2v) is 7.40. The van der Waals surface area contributed by atoms with Gasteiger partial charge in [-0.15, -0.1) is 0 Å². The molecule has 0 bridgehead atoms. The Kier molecular flexibility index (Phi) is 7.95. The first-order valence-corrected chi connectivity index (χ1v) is 9.75. The number of nitro groups is 1. The lowest BCUT2D eigenvalue weighted by Gasteiger charge is -2.31. The van der Waals surface area contributed by atoms with Crippen LogP contribution in [-0.4, -0.2) is 29.8 Å². The van der Waals surface area contributed by atoms with Crippen LogP contribution in [0.5, 0.6) is 0 Å². The summed E-state index contributed by atoms with van der Waals surface area (Å²) >= 11 is 0. The van der Waals surface area contributed by atoms with Crippen molar-refractivity contribution in [3.05, 3.63) is 46.0 Å². The lowest BCUT2D eigenvalue weighted by Crippen LogP contribution is -2.40. The van der Waals surface area contributed by atoms with Crippen LogP contribution in [0, 0.1) is 27.9 Å². The van der Waals surface area contributed by atoms with Gasteiger partial charge in [0.15, 0.2) is 0 Å². The summed E-state index contributed by atoms with van der Waals surface area (Å²) in [5.74, 6) is -1.62. The minimum atomic E-state index is -0.654. The summed E-state index contributed by atoms with van der Waals surface area (Å²) in [4.78, 5) is 36.5. The molecule has 0 N–H and O–H groups in total. The molecule has 1 aliphatic rings. The Morgan fingerprint density at radius 2 is 1.89 bits per heavy atom. The van der Waals surface area contributed by atoms with Gasteiger partial charge in [0.1, 0.15) is 5.78 Å². The predicted molar refractivity (Wildman–Crippen MR) is 102 cm³/mol. The van der Waals surface area contributed by atoms with Gasteiger partial charge in [-0.05, 0) is 31.2 Å². The number of methoxy groups -OCH3 is 1. The molecule has 1 fully saturated rings. The van der Waals surface area contributed by atoms with Crippen LogP contribution in [0.25, 0.3) is 0 Å². The smallest absolute Gasteiger partial charge is 0.309 e. The van der Waals surface area contributed by atoms with Crippen LogP contribution in [0.1, 0.15) is 51.0 Å². The van der Waals surface area contributed by atoms with Crippen LogP contribution < -0.4 is 0 Å². The topological polar surface area (TPSA) is 86.5 Å². The molecule has 4 atom stereocenters. The average molecular weight is 375 g/mol. The van der Waals surface area contributed by atoms with E-state index in [0.29, 0.717) is 25.7 Å². The Balaban J connectivity index is 2.13. The van der Waals surface area contributed by atoms with Gasteiger partial charge in [-0.1, -0.05) is 43.7 Å². The van der Waals surface area contributed by atoms with Crippen LogP contribution in [-0.2, 0) is 20.7 Å². The third-order valence-corrected chi connectivity index (χ3v) is 5.73. The summed E-state index contributed by atoms with van der Waals surface area (Å²) in [6.07, 6.45) is 4.06. The van der Waals surface area contributed by atoms with Crippen molar-refractivity contribution in [3.8, 4) is 0 Å². The number of ketones is 1. The van der Waals surface area contributed by atoms with Crippen molar-refractivity contribution in [3.63, 3.8) is 0 Å². The fourth-order valence-electron chi connectivity index (χ4n) is 4.34. The van der Waals surface area contributed by atoms with Gasteiger partial charge in [-0.2, -0.15) is 0 Å². The zero-order valence-electron chi connectivity index (χ0n) is 16.1. The summed E-state index contributed by atoms with van der Waals surface area (Å²) in [7, 11) is 1.33. The predicted octanol–water partition coefficient (Wildman–Crippen LogP) is 3.84. The highest BCUT2D eigenvalue weighted by Crippen LogP contribution is 2.35. The van der Waals surface area contributed by atoms with E-state index in [1.165, 1.54) is 7.11 Å². The first-order valence-electron chi connectivity index (χ1n) is 9.75. The molecule has 0 radical (unpaired) electrons. The largest absolute Gasteiger partial charge is 0.469 e. The molecule has 1 saturated carbocycles. The van der Waals surface area contributed by atoms with Crippen molar-refractivity contribution in [2.24, 2.45) is 17.8 Å². The lowest BCUT2D eigenvalue weighted by molar-refractivity contribution is -0.537. The van der Waals surface area contributed by atoms with E-state index < -0.39 is 17.9 Å². The minimum Gasteiger partial charge on any atom is -0.469 e. The minimum absolute atomic E-state index is 0.0532. The second-order valence-electron chi connectivity index (χ2n) is 7.40. The molecule has 1 aromatic rings. The standard InChI is InChI=1S/C21H29NO5/c1-3-17(18-11-7-8-12-19(18)22(25)26)20(23)14-16(21(24)27-2)13-15-9-5-4-6-10-15/h4-6,9-10,16-19H,3,7-8,11-14H2,1-2H3/t16-,17+,18+,19+/m1/s1. The number of esters is 1.